The Balaban J connectivity index is 1.90. The summed E-state index contributed by atoms with van der Waals surface area (Å²) < 4.78 is 10.4. The molecule has 0 atom stereocenters. The van der Waals surface area contributed by atoms with Crippen LogP contribution in [0, 0.1) is 0 Å². The summed E-state index contributed by atoms with van der Waals surface area (Å²) in [5.74, 6) is -0.0691. The van der Waals surface area contributed by atoms with Crippen molar-refractivity contribution in [3.63, 3.8) is 0 Å². The van der Waals surface area contributed by atoms with Gasteiger partial charge in [-0.25, -0.2) is 9.89 Å². The van der Waals surface area contributed by atoms with Gasteiger partial charge in [0.2, 0.25) is 5.88 Å². The van der Waals surface area contributed by atoms with E-state index in [-0.39, 0.29) is 0 Å². The van der Waals surface area contributed by atoms with Crippen LogP contribution < -0.4 is 4.74 Å². The maximum absolute atomic E-state index is 11.6. The molecule has 0 aliphatic heterocycles. The van der Waals surface area contributed by atoms with Gasteiger partial charge < -0.3 is 9.47 Å². The smallest absolute Gasteiger partial charge is 0.345 e. The molecule has 1 aromatic heterocycles. The predicted octanol–water partition coefficient (Wildman–Crippen LogP) is 2.21. The zero-order chi connectivity index (χ0) is 13.5. The van der Waals surface area contributed by atoms with Gasteiger partial charge in [-0.3, -0.25) is 0 Å². The molecule has 5 nitrogen and oxygen atoms in total. The van der Waals surface area contributed by atoms with E-state index in [1.54, 1.807) is 6.92 Å². The summed E-state index contributed by atoms with van der Waals surface area (Å²) in [6, 6.07) is 9.99. The van der Waals surface area contributed by atoms with Gasteiger partial charge in [0.05, 0.1) is 19.4 Å². The van der Waals surface area contributed by atoms with Crippen molar-refractivity contribution in [3.05, 3.63) is 47.7 Å². The molecule has 0 saturated heterocycles. The average molecular weight is 260 g/mol. The van der Waals surface area contributed by atoms with Crippen LogP contribution in [0.25, 0.3) is 0 Å². The molecule has 19 heavy (non-hydrogen) atoms. The van der Waals surface area contributed by atoms with Gasteiger partial charge in [-0.05, 0) is 12.5 Å². The van der Waals surface area contributed by atoms with E-state index in [4.69, 9.17) is 9.47 Å². The maximum atomic E-state index is 11.6. The summed E-state index contributed by atoms with van der Waals surface area (Å²) in [4.78, 5) is 11.6. The second kappa shape index (κ2) is 6.58. The van der Waals surface area contributed by atoms with Crippen molar-refractivity contribution in [2.75, 3.05) is 13.2 Å². The Labute approximate surface area is 111 Å². The van der Waals surface area contributed by atoms with Crippen LogP contribution in [0.1, 0.15) is 22.8 Å². The second-order valence-corrected chi connectivity index (χ2v) is 3.92. The molecule has 0 aliphatic carbocycles. The van der Waals surface area contributed by atoms with Gasteiger partial charge in [0.15, 0.2) is 0 Å². The number of hydrogen-bond donors (Lipinski definition) is 1. The predicted molar refractivity (Wildman–Crippen MR) is 70.2 cm³/mol. The third kappa shape index (κ3) is 3.58. The number of ether oxygens (including phenoxy) is 2. The van der Waals surface area contributed by atoms with Crippen molar-refractivity contribution >= 4 is 5.97 Å². The van der Waals surface area contributed by atoms with Gasteiger partial charge in [0.25, 0.3) is 0 Å². The van der Waals surface area contributed by atoms with Crippen LogP contribution in [-0.4, -0.2) is 29.4 Å². The fourth-order valence-electron chi connectivity index (χ4n) is 1.65. The average Bonchev–Trinajstić information content (AvgIpc) is 2.89. The van der Waals surface area contributed by atoms with E-state index < -0.39 is 5.97 Å². The summed E-state index contributed by atoms with van der Waals surface area (Å²) in [5.41, 5.74) is 1.51. The van der Waals surface area contributed by atoms with Gasteiger partial charge in [0, 0.05) is 6.42 Å². The Bertz CT molecular complexity index is 522. The standard InChI is InChI=1S/C14H16N2O3/c1-2-18-14(17)12-10-15-16-13(12)19-9-8-11-6-4-3-5-7-11/h3-7,10H,2,8-9H2,1H3,(H,15,16). The van der Waals surface area contributed by atoms with Crippen LogP contribution in [0.5, 0.6) is 5.88 Å². The maximum Gasteiger partial charge on any atom is 0.345 e. The molecule has 0 bridgehead atoms. The number of rotatable bonds is 6. The van der Waals surface area contributed by atoms with Crippen LogP contribution in [0.15, 0.2) is 36.5 Å². The van der Waals surface area contributed by atoms with Crippen molar-refractivity contribution in [2.24, 2.45) is 0 Å². The van der Waals surface area contributed by atoms with Crippen LogP contribution in [-0.2, 0) is 11.2 Å². The van der Waals surface area contributed by atoms with Crippen LogP contribution in [0.4, 0.5) is 0 Å². The first kappa shape index (κ1) is 13.1. The van der Waals surface area contributed by atoms with Crippen molar-refractivity contribution in [1.29, 1.82) is 0 Å². The molecular weight excluding hydrogens is 244 g/mol. The number of hydrogen-bond acceptors (Lipinski definition) is 4. The van der Waals surface area contributed by atoms with Crippen molar-refractivity contribution < 1.29 is 14.3 Å². The number of benzene rings is 1. The van der Waals surface area contributed by atoms with Gasteiger partial charge in [0.1, 0.15) is 5.56 Å². The Morgan fingerprint density at radius 3 is 2.84 bits per heavy atom. The highest BCUT2D eigenvalue weighted by Crippen LogP contribution is 2.15. The van der Waals surface area contributed by atoms with Crippen LogP contribution in [0.3, 0.4) is 0 Å². The molecule has 0 radical (unpaired) electrons. The first-order valence-electron chi connectivity index (χ1n) is 6.18. The minimum Gasteiger partial charge on any atom is -0.477 e. The number of aromatic nitrogens is 2. The van der Waals surface area contributed by atoms with E-state index in [2.05, 4.69) is 10.2 Å². The molecule has 2 aromatic rings. The molecule has 2 rings (SSSR count). The molecular formula is C14H16N2O3. The van der Waals surface area contributed by atoms with E-state index in [1.807, 2.05) is 30.3 Å². The van der Waals surface area contributed by atoms with Crippen LogP contribution in [0.2, 0.25) is 0 Å². The zero-order valence-electron chi connectivity index (χ0n) is 10.8. The fourth-order valence-corrected chi connectivity index (χ4v) is 1.65. The minimum atomic E-state index is -0.425. The molecule has 0 saturated carbocycles. The number of carbonyl (C=O) groups excluding carboxylic acids is 1. The summed E-state index contributed by atoms with van der Waals surface area (Å²) in [5, 5.41) is 6.46. The number of esters is 1. The van der Waals surface area contributed by atoms with Crippen molar-refractivity contribution in [2.45, 2.75) is 13.3 Å². The molecule has 0 spiro atoms. The van der Waals surface area contributed by atoms with E-state index in [0.29, 0.717) is 24.7 Å². The monoisotopic (exact) mass is 260 g/mol. The lowest BCUT2D eigenvalue weighted by molar-refractivity contribution is 0.0522. The van der Waals surface area contributed by atoms with Gasteiger partial charge in [-0.2, -0.15) is 5.10 Å². The molecule has 0 fully saturated rings. The summed E-state index contributed by atoms with van der Waals surface area (Å²) in [6.45, 7) is 2.56. The molecule has 0 aliphatic rings. The van der Waals surface area contributed by atoms with E-state index in [9.17, 15) is 4.79 Å². The molecule has 1 N–H and O–H groups in total. The molecule has 5 heteroatoms. The number of nitrogens with zero attached hydrogens (tertiary/aromatic N) is 1. The first-order valence-corrected chi connectivity index (χ1v) is 6.18. The van der Waals surface area contributed by atoms with E-state index >= 15 is 0 Å². The second-order valence-electron chi connectivity index (χ2n) is 3.92. The first-order chi connectivity index (χ1) is 9.31. The lowest BCUT2D eigenvalue weighted by atomic mass is 10.2. The molecule has 1 aromatic carbocycles. The zero-order valence-corrected chi connectivity index (χ0v) is 10.8. The van der Waals surface area contributed by atoms with Gasteiger partial charge >= 0.3 is 5.97 Å². The largest absolute Gasteiger partial charge is 0.477 e. The van der Waals surface area contributed by atoms with Gasteiger partial charge in [-0.1, -0.05) is 30.3 Å². The summed E-state index contributed by atoms with van der Waals surface area (Å²) in [6.07, 6.45) is 2.18. The van der Waals surface area contributed by atoms with Crippen LogP contribution >= 0.6 is 0 Å². The van der Waals surface area contributed by atoms with E-state index in [1.165, 1.54) is 11.8 Å². The molecule has 100 valence electrons. The Kier molecular flexibility index (Phi) is 4.55. The Hall–Kier alpha value is -2.30. The molecule has 0 amide bonds. The number of aromatic amines is 1. The number of carbonyl (C=O) groups is 1. The van der Waals surface area contributed by atoms with E-state index in [0.717, 1.165) is 6.42 Å². The highest BCUT2D eigenvalue weighted by molar-refractivity contribution is 5.91. The topological polar surface area (TPSA) is 64.2 Å². The molecule has 1 heterocycles. The minimum absolute atomic E-state index is 0.327. The molecule has 0 unspecified atom stereocenters. The number of nitrogens with one attached hydrogen (secondary N) is 1. The Morgan fingerprint density at radius 1 is 1.32 bits per heavy atom. The SMILES string of the molecule is CCOC(=O)c1cn[nH]c1OCCc1ccccc1. The fraction of sp³-hybridized carbons (Fsp3) is 0.286. The third-order valence-corrected chi connectivity index (χ3v) is 2.58. The van der Waals surface area contributed by atoms with Crippen molar-refractivity contribution in [3.8, 4) is 5.88 Å². The van der Waals surface area contributed by atoms with Crippen molar-refractivity contribution in [1.82, 2.24) is 10.2 Å². The number of H-pyrrole nitrogens is 1. The highest BCUT2D eigenvalue weighted by atomic mass is 16.5. The Morgan fingerprint density at radius 2 is 2.11 bits per heavy atom. The quantitative estimate of drug-likeness (QED) is 0.809. The van der Waals surface area contributed by atoms with Gasteiger partial charge in [-0.15, -0.1) is 0 Å². The third-order valence-electron chi connectivity index (χ3n) is 2.58. The summed E-state index contributed by atoms with van der Waals surface area (Å²) >= 11 is 0. The lowest BCUT2D eigenvalue weighted by Crippen LogP contribution is -2.08. The lowest BCUT2D eigenvalue weighted by Gasteiger charge is -2.06. The summed E-state index contributed by atoms with van der Waals surface area (Å²) in [7, 11) is 0. The normalized spacial score (nSPS) is 10.2. The highest BCUT2D eigenvalue weighted by Gasteiger charge is 2.15.